The molecule has 0 saturated heterocycles. The molecule has 0 aliphatic carbocycles. The Hall–Kier alpha value is -1.68. The van der Waals surface area contributed by atoms with Crippen LogP contribution in [0.15, 0.2) is 41.3 Å². The number of pyridine rings is 1. The van der Waals surface area contributed by atoms with E-state index in [0.717, 1.165) is 12.0 Å². The van der Waals surface area contributed by atoms with Gasteiger partial charge >= 0.3 is 0 Å². The molecule has 2 rings (SSSR count). The maximum atomic E-state index is 11.9. The predicted octanol–water partition coefficient (Wildman–Crippen LogP) is 2.92. The number of aromatic nitrogens is 1. The lowest BCUT2D eigenvalue weighted by atomic mass is 10.1. The molecule has 1 aromatic heterocycles. The minimum Gasteiger partial charge on any atom is -0.313 e. The number of nitrogens with zero attached hydrogens (tertiary/aromatic N) is 3. The van der Waals surface area contributed by atoms with E-state index in [1.165, 1.54) is 0 Å². The number of rotatable bonds is 4. The van der Waals surface area contributed by atoms with Crippen LogP contribution in [0.1, 0.15) is 31.4 Å². The molecule has 0 spiro atoms. The highest BCUT2D eigenvalue weighted by Gasteiger charge is 2.24. The number of halogens is 1. The Kier molecular flexibility index (Phi) is 4.32. The number of carbonyl (C=O) groups is 1. The molecule has 1 atom stereocenters. The Labute approximate surface area is 117 Å². The summed E-state index contributed by atoms with van der Waals surface area (Å²) in [5.74, 6) is 0.0499. The Morgan fingerprint density at radius 3 is 2.95 bits per heavy atom. The minimum atomic E-state index is -0.159. The van der Waals surface area contributed by atoms with E-state index in [1.807, 2.05) is 25.1 Å². The maximum Gasteiger partial charge on any atom is 0.226 e. The molecule has 1 aliphatic heterocycles. The van der Waals surface area contributed by atoms with Gasteiger partial charge < -0.3 is 4.90 Å². The zero-order chi connectivity index (χ0) is 13.8. The number of allylic oxidation sites excluding steroid dienone is 1. The summed E-state index contributed by atoms with van der Waals surface area (Å²) < 4.78 is 0. The van der Waals surface area contributed by atoms with Gasteiger partial charge in [-0.05, 0) is 24.1 Å². The Morgan fingerprint density at radius 1 is 1.53 bits per heavy atom. The van der Waals surface area contributed by atoms with Crippen LogP contribution in [0.25, 0.3) is 0 Å². The van der Waals surface area contributed by atoms with Crippen LogP contribution < -0.4 is 0 Å². The first-order valence-corrected chi connectivity index (χ1v) is 6.63. The van der Waals surface area contributed by atoms with Gasteiger partial charge in [0.25, 0.3) is 0 Å². The van der Waals surface area contributed by atoms with Crippen molar-refractivity contribution < 1.29 is 4.79 Å². The van der Waals surface area contributed by atoms with Crippen molar-refractivity contribution in [2.24, 2.45) is 4.99 Å². The van der Waals surface area contributed by atoms with Crippen molar-refractivity contribution in [1.29, 1.82) is 0 Å². The van der Waals surface area contributed by atoms with Crippen molar-refractivity contribution >= 4 is 22.7 Å². The van der Waals surface area contributed by atoms with Gasteiger partial charge in [-0.1, -0.05) is 24.6 Å². The highest BCUT2D eigenvalue weighted by atomic mass is 35.5. The molecule has 0 saturated carbocycles. The molecule has 0 aromatic carbocycles. The van der Waals surface area contributed by atoms with Gasteiger partial charge in [0.15, 0.2) is 0 Å². The van der Waals surface area contributed by atoms with Crippen molar-refractivity contribution in [1.82, 2.24) is 9.88 Å². The van der Waals surface area contributed by atoms with Gasteiger partial charge in [0.1, 0.15) is 5.17 Å². The van der Waals surface area contributed by atoms with Crippen molar-refractivity contribution in [2.45, 2.75) is 25.8 Å². The van der Waals surface area contributed by atoms with E-state index in [-0.39, 0.29) is 11.9 Å². The van der Waals surface area contributed by atoms with Gasteiger partial charge in [0, 0.05) is 25.9 Å². The number of carbonyl (C=O) groups excluding carboxylic acids is 1. The van der Waals surface area contributed by atoms with Crippen LogP contribution in [0.4, 0.5) is 0 Å². The standard InChI is InChI=1S/C14H16ClN3O/c1-3-5-13(19)18(2)12-8-11(17-14(12)15)10-6-4-7-16-9-10/h4,6-9,11H,3,5H2,1-2H3. The first-order chi connectivity index (χ1) is 9.13. The van der Waals surface area contributed by atoms with Crippen LogP contribution >= 0.6 is 11.6 Å². The summed E-state index contributed by atoms with van der Waals surface area (Å²) in [6.07, 6.45) is 6.69. The van der Waals surface area contributed by atoms with Crippen molar-refractivity contribution in [3.63, 3.8) is 0 Å². The van der Waals surface area contributed by atoms with E-state index in [9.17, 15) is 4.79 Å². The van der Waals surface area contributed by atoms with Crippen LogP contribution in [0.2, 0.25) is 0 Å². The van der Waals surface area contributed by atoms with Crippen molar-refractivity contribution in [3.8, 4) is 0 Å². The summed E-state index contributed by atoms with van der Waals surface area (Å²) in [7, 11) is 1.73. The van der Waals surface area contributed by atoms with E-state index < -0.39 is 0 Å². The quantitative estimate of drug-likeness (QED) is 0.849. The molecule has 0 N–H and O–H groups in total. The fourth-order valence-electron chi connectivity index (χ4n) is 1.93. The summed E-state index contributed by atoms with van der Waals surface area (Å²) in [5.41, 5.74) is 1.64. The van der Waals surface area contributed by atoms with Gasteiger partial charge in [0.05, 0.1) is 11.7 Å². The average molecular weight is 278 g/mol. The third-order valence-corrected chi connectivity index (χ3v) is 3.30. The number of hydrogen-bond donors (Lipinski definition) is 0. The van der Waals surface area contributed by atoms with Crippen LogP contribution in [-0.2, 0) is 4.79 Å². The van der Waals surface area contributed by atoms with Crippen molar-refractivity contribution in [3.05, 3.63) is 41.9 Å². The lowest BCUT2D eigenvalue weighted by Gasteiger charge is -2.17. The summed E-state index contributed by atoms with van der Waals surface area (Å²) in [5, 5.41) is 0.376. The van der Waals surface area contributed by atoms with E-state index in [2.05, 4.69) is 9.98 Å². The fourth-order valence-corrected chi connectivity index (χ4v) is 2.23. The average Bonchev–Trinajstić information content (AvgIpc) is 2.81. The molecule has 0 fully saturated rings. The second-order valence-electron chi connectivity index (χ2n) is 4.41. The Morgan fingerprint density at radius 2 is 2.32 bits per heavy atom. The van der Waals surface area contributed by atoms with Gasteiger partial charge in [-0.15, -0.1) is 0 Å². The highest BCUT2D eigenvalue weighted by Crippen LogP contribution is 2.29. The first kappa shape index (κ1) is 13.7. The molecule has 1 amide bonds. The largest absolute Gasteiger partial charge is 0.313 e. The molecule has 5 heteroatoms. The minimum absolute atomic E-state index is 0.0499. The SMILES string of the molecule is CCCC(=O)N(C)C1=CC(c2cccnc2)N=C1Cl. The van der Waals surface area contributed by atoms with Gasteiger partial charge in [-0.25, -0.2) is 0 Å². The Bertz CT molecular complexity index is 525. The first-order valence-electron chi connectivity index (χ1n) is 6.25. The lowest BCUT2D eigenvalue weighted by molar-refractivity contribution is -0.127. The van der Waals surface area contributed by atoms with E-state index in [1.54, 1.807) is 24.3 Å². The van der Waals surface area contributed by atoms with Crippen LogP contribution in [0, 0.1) is 0 Å². The molecule has 2 heterocycles. The molecule has 0 bridgehead atoms. The fraction of sp³-hybridized carbons (Fsp3) is 0.357. The molecule has 100 valence electrons. The molecular weight excluding hydrogens is 262 g/mol. The molecule has 0 radical (unpaired) electrons. The molecule has 4 nitrogen and oxygen atoms in total. The van der Waals surface area contributed by atoms with Crippen LogP contribution in [-0.4, -0.2) is 28.0 Å². The summed E-state index contributed by atoms with van der Waals surface area (Å²) in [4.78, 5) is 21.9. The molecular formula is C14H16ClN3O. The van der Waals surface area contributed by atoms with E-state index in [4.69, 9.17) is 11.6 Å². The van der Waals surface area contributed by atoms with Crippen molar-refractivity contribution in [2.75, 3.05) is 7.05 Å². The topological polar surface area (TPSA) is 45.6 Å². The third-order valence-electron chi connectivity index (χ3n) is 3.00. The van der Waals surface area contributed by atoms with E-state index in [0.29, 0.717) is 17.3 Å². The third kappa shape index (κ3) is 3.01. The second kappa shape index (κ2) is 5.97. The van der Waals surface area contributed by atoms with Crippen LogP contribution in [0.5, 0.6) is 0 Å². The highest BCUT2D eigenvalue weighted by molar-refractivity contribution is 6.70. The number of amides is 1. The number of hydrogen-bond acceptors (Lipinski definition) is 3. The lowest BCUT2D eigenvalue weighted by Crippen LogP contribution is -2.27. The van der Waals surface area contributed by atoms with E-state index >= 15 is 0 Å². The zero-order valence-electron chi connectivity index (χ0n) is 11.0. The van der Waals surface area contributed by atoms with Gasteiger partial charge in [0.2, 0.25) is 5.91 Å². The van der Waals surface area contributed by atoms with Gasteiger partial charge in [-0.2, -0.15) is 0 Å². The monoisotopic (exact) mass is 277 g/mol. The molecule has 1 aliphatic rings. The number of aliphatic imine (C=N–C) groups is 1. The normalized spacial score (nSPS) is 17.9. The zero-order valence-corrected chi connectivity index (χ0v) is 11.8. The Balaban J connectivity index is 2.20. The van der Waals surface area contributed by atoms with Gasteiger partial charge in [-0.3, -0.25) is 14.8 Å². The molecule has 1 unspecified atom stereocenters. The molecule has 19 heavy (non-hydrogen) atoms. The predicted molar refractivity (Wildman–Crippen MR) is 76.0 cm³/mol. The summed E-state index contributed by atoms with van der Waals surface area (Å²) in [6, 6.07) is 3.64. The maximum absolute atomic E-state index is 11.9. The summed E-state index contributed by atoms with van der Waals surface area (Å²) >= 11 is 6.13. The van der Waals surface area contributed by atoms with Crippen LogP contribution in [0.3, 0.4) is 0 Å². The summed E-state index contributed by atoms with van der Waals surface area (Å²) in [6.45, 7) is 1.98. The molecule has 1 aromatic rings. The smallest absolute Gasteiger partial charge is 0.226 e. The second-order valence-corrected chi connectivity index (χ2v) is 4.76.